The molecular weight excluding hydrogens is 306 g/mol. The van der Waals surface area contributed by atoms with Crippen LogP contribution in [-0.2, 0) is 11.0 Å². The average molecular weight is 324 g/mol. The summed E-state index contributed by atoms with van der Waals surface area (Å²) < 4.78 is 30.9. The van der Waals surface area contributed by atoms with Crippen LogP contribution in [-0.4, -0.2) is 9.79 Å². The second-order valence-electron chi connectivity index (χ2n) is 5.17. The quantitative estimate of drug-likeness (QED) is 0.843. The Labute approximate surface area is 128 Å². The molecule has 0 aromatic heterocycles. The van der Waals surface area contributed by atoms with Crippen molar-refractivity contribution in [2.75, 3.05) is 0 Å². The average Bonchev–Trinajstić information content (AvgIpc) is 2.42. The highest BCUT2D eigenvalue weighted by Crippen LogP contribution is 2.37. The lowest BCUT2D eigenvalue weighted by Crippen LogP contribution is -2.07. The van der Waals surface area contributed by atoms with E-state index in [0.29, 0.717) is 16.9 Å². The highest BCUT2D eigenvalue weighted by Gasteiger charge is 2.20. The zero-order valence-electron chi connectivity index (χ0n) is 12.6. The highest BCUT2D eigenvalue weighted by atomic mass is 31.2. The minimum absolute atomic E-state index is 0.0725. The number of aryl methyl sites for hydroxylation is 3. The molecule has 0 aliphatic rings. The summed E-state index contributed by atoms with van der Waals surface area (Å²) in [5.74, 6) is 0.0323. The summed E-state index contributed by atoms with van der Waals surface area (Å²) in [6, 6.07) is 7.49. The maximum Gasteiger partial charge on any atom is 0.356 e. The van der Waals surface area contributed by atoms with Crippen LogP contribution in [0.5, 0.6) is 11.5 Å². The van der Waals surface area contributed by atoms with E-state index in [1.807, 2.05) is 6.92 Å². The summed E-state index contributed by atoms with van der Waals surface area (Å²) in [7, 11) is -4.32. The Morgan fingerprint density at radius 2 is 1.73 bits per heavy atom. The van der Waals surface area contributed by atoms with Gasteiger partial charge in [-0.2, -0.15) is 0 Å². The van der Waals surface area contributed by atoms with Crippen molar-refractivity contribution in [3.63, 3.8) is 0 Å². The SMILES string of the molecule is CCc1ccc(Oc2c(C)cc(P(=O)(O)O)cc2C)c(F)c1. The molecule has 0 spiro atoms. The van der Waals surface area contributed by atoms with Crippen molar-refractivity contribution in [2.45, 2.75) is 27.2 Å². The van der Waals surface area contributed by atoms with Crippen LogP contribution < -0.4 is 10.0 Å². The third-order valence-electron chi connectivity index (χ3n) is 3.40. The number of ether oxygens (including phenoxy) is 1. The van der Waals surface area contributed by atoms with Gasteiger partial charge in [0.1, 0.15) is 5.75 Å². The molecule has 0 unspecified atom stereocenters. The standard InChI is InChI=1S/C16H18FO4P/c1-4-12-5-6-15(14(17)9-12)21-16-10(2)7-13(8-11(16)3)22(18,19)20/h5-9H,4H2,1-3H3,(H2,18,19,20). The van der Waals surface area contributed by atoms with Crippen LogP contribution in [0.15, 0.2) is 30.3 Å². The molecule has 0 saturated heterocycles. The van der Waals surface area contributed by atoms with Gasteiger partial charge in [-0.05, 0) is 61.2 Å². The van der Waals surface area contributed by atoms with Crippen molar-refractivity contribution in [2.24, 2.45) is 0 Å². The Balaban J connectivity index is 2.40. The molecule has 4 nitrogen and oxygen atoms in total. The molecule has 0 amide bonds. The Bertz CT molecular complexity index is 729. The second kappa shape index (κ2) is 6.21. The lowest BCUT2D eigenvalue weighted by atomic mass is 10.1. The smallest absolute Gasteiger partial charge is 0.356 e. The van der Waals surface area contributed by atoms with Gasteiger partial charge in [0.05, 0.1) is 5.30 Å². The van der Waals surface area contributed by atoms with E-state index in [1.165, 1.54) is 18.2 Å². The van der Waals surface area contributed by atoms with Gasteiger partial charge in [0.25, 0.3) is 0 Å². The first kappa shape index (κ1) is 16.7. The van der Waals surface area contributed by atoms with Gasteiger partial charge in [-0.3, -0.25) is 4.57 Å². The first-order valence-electron chi connectivity index (χ1n) is 6.86. The number of hydrogen-bond acceptors (Lipinski definition) is 2. The fourth-order valence-electron chi connectivity index (χ4n) is 2.21. The molecule has 0 radical (unpaired) electrons. The molecule has 22 heavy (non-hydrogen) atoms. The molecule has 2 aromatic rings. The first-order chi connectivity index (χ1) is 10.2. The van der Waals surface area contributed by atoms with Crippen molar-refractivity contribution in [1.82, 2.24) is 0 Å². The molecule has 0 aliphatic heterocycles. The fraction of sp³-hybridized carbons (Fsp3) is 0.250. The van der Waals surface area contributed by atoms with Gasteiger partial charge in [0.15, 0.2) is 11.6 Å². The third kappa shape index (κ3) is 3.55. The fourth-order valence-corrected chi connectivity index (χ4v) is 2.94. The molecule has 2 aromatic carbocycles. The van der Waals surface area contributed by atoms with E-state index in [4.69, 9.17) is 4.74 Å². The zero-order chi connectivity index (χ0) is 16.5. The van der Waals surface area contributed by atoms with Crippen LogP contribution in [0.3, 0.4) is 0 Å². The van der Waals surface area contributed by atoms with Gasteiger partial charge in [0, 0.05) is 0 Å². The molecule has 0 atom stereocenters. The predicted molar refractivity (Wildman–Crippen MR) is 83.4 cm³/mol. The molecule has 0 aliphatic carbocycles. The lowest BCUT2D eigenvalue weighted by Gasteiger charge is -2.15. The maximum absolute atomic E-state index is 14.0. The normalized spacial score (nSPS) is 11.5. The van der Waals surface area contributed by atoms with Crippen LogP contribution in [0.25, 0.3) is 0 Å². The van der Waals surface area contributed by atoms with Crippen LogP contribution in [0.4, 0.5) is 4.39 Å². The minimum Gasteiger partial charge on any atom is -0.454 e. The first-order valence-corrected chi connectivity index (χ1v) is 8.47. The molecule has 2 rings (SSSR count). The molecule has 0 saturated carbocycles. The summed E-state index contributed by atoms with van der Waals surface area (Å²) in [5, 5.41) is -0.0725. The number of halogens is 1. The second-order valence-corrected chi connectivity index (χ2v) is 6.78. The summed E-state index contributed by atoms with van der Waals surface area (Å²) in [5.41, 5.74) is 1.95. The molecule has 118 valence electrons. The highest BCUT2D eigenvalue weighted by molar-refractivity contribution is 7.60. The third-order valence-corrected chi connectivity index (χ3v) is 4.33. The molecular formula is C16H18FO4P. The molecule has 0 bridgehead atoms. The van der Waals surface area contributed by atoms with Crippen LogP contribution in [0, 0.1) is 19.7 Å². The van der Waals surface area contributed by atoms with Gasteiger partial charge in [-0.1, -0.05) is 13.0 Å². The zero-order valence-corrected chi connectivity index (χ0v) is 13.5. The molecule has 2 N–H and O–H groups in total. The number of hydrogen-bond donors (Lipinski definition) is 2. The minimum atomic E-state index is -4.32. The van der Waals surface area contributed by atoms with Gasteiger partial charge in [-0.15, -0.1) is 0 Å². The summed E-state index contributed by atoms with van der Waals surface area (Å²) in [6.07, 6.45) is 0.728. The lowest BCUT2D eigenvalue weighted by molar-refractivity contribution is 0.387. The Morgan fingerprint density at radius 3 is 2.18 bits per heavy atom. The molecule has 6 heteroatoms. The Hall–Kier alpha value is -1.68. The van der Waals surface area contributed by atoms with E-state index < -0.39 is 13.4 Å². The van der Waals surface area contributed by atoms with Crippen molar-refractivity contribution in [3.05, 3.63) is 52.8 Å². The Kier molecular flexibility index (Phi) is 4.71. The van der Waals surface area contributed by atoms with Crippen LogP contribution in [0.2, 0.25) is 0 Å². The van der Waals surface area contributed by atoms with Crippen molar-refractivity contribution in [1.29, 1.82) is 0 Å². The van der Waals surface area contributed by atoms with Crippen molar-refractivity contribution >= 4 is 12.9 Å². The van der Waals surface area contributed by atoms with E-state index in [1.54, 1.807) is 26.0 Å². The van der Waals surface area contributed by atoms with Crippen molar-refractivity contribution in [3.8, 4) is 11.5 Å². The van der Waals surface area contributed by atoms with Crippen LogP contribution in [0.1, 0.15) is 23.6 Å². The topological polar surface area (TPSA) is 66.8 Å². The van der Waals surface area contributed by atoms with E-state index in [2.05, 4.69) is 0 Å². The maximum atomic E-state index is 14.0. The largest absolute Gasteiger partial charge is 0.454 e. The number of rotatable bonds is 4. The molecule has 0 heterocycles. The van der Waals surface area contributed by atoms with Gasteiger partial charge >= 0.3 is 7.60 Å². The number of benzene rings is 2. The van der Waals surface area contributed by atoms with E-state index in [-0.39, 0.29) is 11.1 Å². The van der Waals surface area contributed by atoms with Crippen molar-refractivity contribution < 1.29 is 23.5 Å². The monoisotopic (exact) mass is 324 g/mol. The van der Waals surface area contributed by atoms with E-state index in [9.17, 15) is 18.7 Å². The summed E-state index contributed by atoms with van der Waals surface area (Å²) >= 11 is 0. The predicted octanol–water partition coefficient (Wildman–Crippen LogP) is 3.60. The Morgan fingerprint density at radius 1 is 1.14 bits per heavy atom. The molecule has 0 fully saturated rings. The summed E-state index contributed by atoms with van der Waals surface area (Å²) in [6.45, 7) is 5.27. The van der Waals surface area contributed by atoms with E-state index in [0.717, 1.165) is 12.0 Å². The summed E-state index contributed by atoms with van der Waals surface area (Å²) in [4.78, 5) is 18.5. The van der Waals surface area contributed by atoms with Gasteiger partial charge in [0.2, 0.25) is 0 Å². The van der Waals surface area contributed by atoms with Gasteiger partial charge < -0.3 is 14.5 Å². The van der Waals surface area contributed by atoms with Crippen LogP contribution >= 0.6 is 7.60 Å². The van der Waals surface area contributed by atoms with Gasteiger partial charge in [-0.25, -0.2) is 4.39 Å². The van der Waals surface area contributed by atoms with E-state index >= 15 is 0 Å².